The van der Waals surface area contributed by atoms with E-state index in [1.807, 2.05) is 12.1 Å². The van der Waals surface area contributed by atoms with Gasteiger partial charge in [0.25, 0.3) is 5.89 Å². The lowest BCUT2D eigenvalue weighted by molar-refractivity contribution is 0.422. The van der Waals surface area contributed by atoms with Crippen molar-refractivity contribution in [3.8, 4) is 11.5 Å². The van der Waals surface area contributed by atoms with Gasteiger partial charge in [0.05, 0.1) is 6.54 Å². The Morgan fingerprint density at radius 2 is 2.11 bits per heavy atom. The number of thiophene rings is 1. The summed E-state index contributed by atoms with van der Waals surface area (Å²) in [6.07, 6.45) is 1.83. The summed E-state index contributed by atoms with van der Waals surface area (Å²) in [5, 5.41) is 14.9. The van der Waals surface area contributed by atoms with Crippen LogP contribution in [0, 0.1) is 0 Å². The lowest BCUT2D eigenvalue weighted by atomic mass is 10.1. The molecule has 0 aliphatic heterocycles. The van der Waals surface area contributed by atoms with Gasteiger partial charge in [0.15, 0.2) is 11.8 Å². The van der Waals surface area contributed by atoms with Crippen LogP contribution in [0.4, 0.5) is 0 Å². The lowest BCUT2D eigenvalue weighted by Gasteiger charge is -2.11. The maximum Gasteiger partial charge on any atom is 0.257 e. The topological polar surface area (TPSA) is 75.3 Å². The number of hydrogen-bond donors (Lipinski definition) is 2. The van der Waals surface area contributed by atoms with Gasteiger partial charge in [-0.15, -0.1) is 0 Å². The zero-order valence-electron chi connectivity index (χ0n) is 15.7. The summed E-state index contributed by atoms with van der Waals surface area (Å²) < 4.78 is 5.39. The number of aromatic nitrogens is 2. The highest BCUT2D eigenvalue weighted by molar-refractivity contribution is 7.07. The van der Waals surface area contributed by atoms with Gasteiger partial charge in [0.2, 0.25) is 0 Å². The quantitative estimate of drug-likeness (QED) is 0.454. The molecule has 142 valence electrons. The van der Waals surface area contributed by atoms with Crippen molar-refractivity contribution in [3.05, 3.63) is 58.0 Å². The summed E-state index contributed by atoms with van der Waals surface area (Å²) in [5.74, 6) is 2.13. The number of rotatable bonds is 8. The van der Waals surface area contributed by atoms with Gasteiger partial charge < -0.3 is 15.2 Å². The van der Waals surface area contributed by atoms with Crippen molar-refractivity contribution in [3.63, 3.8) is 0 Å². The van der Waals surface area contributed by atoms with Crippen LogP contribution in [0.25, 0.3) is 11.5 Å². The third kappa shape index (κ3) is 5.65. The van der Waals surface area contributed by atoms with Gasteiger partial charge in [0.1, 0.15) is 0 Å². The van der Waals surface area contributed by atoms with Crippen LogP contribution in [0.2, 0.25) is 0 Å². The fourth-order valence-electron chi connectivity index (χ4n) is 2.59. The van der Waals surface area contributed by atoms with Crippen molar-refractivity contribution in [1.82, 2.24) is 20.8 Å². The van der Waals surface area contributed by atoms with E-state index in [4.69, 9.17) is 4.52 Å². The van der Waals surface area contributed by atoms with E-state index in [0.29, 0.717) is 19.0 Å². The van der Waals surface area contributed by atoms with E-state index < -0.39 is 0 Å². The second-order valence-electron chi connectivity index (χ2n) is 6.15. The Morgan fingerprint density at radius 3 is 2.89 bits per heavy atom. The smallest absolute Gasteiger partial charge is 0.257 e. The molecule has 7 heteroatoms. The first-order valence-corrected chi connectivity index (χ1v) is 10.2. The number of guanidine groups is 1. The summed E-state index contributed by atoms with van der Waals surface area (Å²) in [5.41, 5.74) is 3.28. The molecule has 0 spiro atoms. The van der Waals surface area contributed by atoms with Crippen LogP contribution in [-0.4, -0.2) is 22.6 Å². The summed E-state index contributed by atoms with van der Waals surface area (Å²) in [7, 11) is 0. The molecule has 0 saturated heterocycles. The first-order chi connectivity index (χ1) is 13.3. The second kappa shape index (κ2) is 9.87. The summed E-state index contributed by atoms with van der Waals surface area (Å²) in [6, 6.07) is 10.2. The molecule has 0 aliphatic carbocycles. The highest BCUT2D eigenvalue weighted by Gasteiger charge is 2.09. The molecule has 0 saturated carbocycles. The van der Waals surface area contributed by atoms with Crippen molar-refractivity contribution in [2.75, 3.05) is 6.54 Å². The average molecular weight is 384 g/mol. The molecule has 0 aliphatic rings. The van der Waals surface area contributed by atoms with Crippen LogP contribution < -0.4 is 10.6 Å². The minimum absolute atomic E-state index is 0.568. The Kier molecular flexibility index (Phi) is 6.98. The zero-order valence-corrected chi connectivity index (χ0v) is 16.6. The molecule has 0 unspecified atom stereocenters. The minimum atomic E-state index is 0.568. The van der Waals surface area contributed by atoms with Crippen LogP contribution in [-0.2, 0) is 19.5 Å². The molecule has 0 fully saturated rings. The molecule has 3 rings (SSSR count). The molecular formula is C20H25N5OS. The first kappa shape index (κ1) is 19.1. The second-order valence-corrected chi connectivity index (χ2v) is 6.93. The van der Waals surface area contributed by atoms with Crippen molar-refractivity contribution in [2.24, 2.45) is 4.99 Å². The summed E-state index contributed by atoms with van der Waals surface area (Å²) in [6.45, 7) is 6.31. The molecular weight excluding hydrogens is 358 g/mol. The van der Waals surface area contributed by atoms with Gasteiger partial charge in [-0.2, -0.15) is 16.3 Å². The monoisotopic (exact) mass is 383 g/mol. The minimum Gasteiger partial charge on any atom is -0.357 e. The highest BCUT2D eigenvalue weighted by atomic mass is 32.1. The van der Waals surface area contributed by atoms with Gasteiger partial charge >= 0.3 is 0 Å². The average Bonchev–Trinajstić information content (AvgIpc) is 3.37. The van der Waals surface area contributed by atoms with Gasteiger partial charge in [-0.3, -0.25) is 0 Å². The highest BCUT2D eigenvalue weighted by Crippen LogP contribution is 2.19. The van der Waals surface area contributed by atoms with E-state index in [0.717, 1.165) is 42.3 Å². The molecule has 0 amide bonds. The van der Waals surface area contributed by atoms with E-state index >= 15 is 0 Å². The molecule has 1 aromatic carbocycles. The van der Waals surface area contributed by atoms with Gasteiger partial charge in [-0.05, 0) is 53.4 Å². The van der Waals surface area contributed by atoms with E-state index in [1.54, 1.807) is 11.3 Å². The maximum atomic E-state index is 5.39. The number of nitrogens with zero attached hydrogens (tertiary/aromatic N) is 3. The van der Waals surface area contributed by atoms with Gasteiger partial charge in [-0.1, -0.05) is 24.2 Å². The Hall–Kier alpha value is -2.67. The van der Waals surface area contributed by atoms with Crippen LogP contribution in [0.5, 0.6) is 0 Å². The first-order valence-electron chi connectivity index (χ1n) is 9.23. The number of hydrogen-bond acceptors (Lipinski definition) is 5. The predicted molar refractivity (Wildman–Crippen MR) is 110 cm³/mol. The van der Waals surface area contributed by atoms with E-state index in [-0.39, 0.29) is 0 Å². The molecule has 0 bridgehead atoms. The van der Waals surface area contributed by atoms with E-state index in [2.05, 4.69) is 68.6 Å². The largest absolute Gasteiger partial charge is 0.357 e. The van der Waals surface area contributed by atoms with Crippen molar-refractivity contribution in [1.29, 1.82) is 0 Å². The fourth-order valence-corrected chi connectivity index (χ4v) is 3.25. The molecule has 2 N–H and O–H groups in total. The molecule has 27 heavy (non-hydrogen) atoms. The lowest BCUT2D eigenvalue weighted by Crippen LogP contribution is -2.36. The maximum absolute atomic E-state index is 5.39. The fraction of sp³-hybridized carbons (Fsp3) is 0.350. The van der Waals surface area contributed by atoms with E-state index in [1.165, 1.54) is 5.56 Å². The normalized spacial score (nSPS) is 11.6. The van der Waals surface area contributed by atoms with Crippen LogP contribution in [0.3, 0.4) is 0 Å². The number of aryl methyl sites for hydroxylation is 1. The van der Waals surface area contributed by atoms with Gasteiger partial charge in [-0.25, -0.2) is 4.99 Å². The SMILES string of the molecule is CCCc1noc(-c2cccc(CNC(=NCc3ccsc3)NCC)c2)n1. The Labute approximate surface area is 163 Å². The molecule has 2 aromatic heterocycles. The Bertz CT molecular complexity index is 857. The van der Waals surface area contributed by atoms with Crippen molar-refractivity contribution >= 4 is 17.3 Å². The third-order valence-electron chi connectivity index (χ3n) is 3.92. The van der Waals surface area contributed by atoms with Crippen molar-refractivity contribution in [2.45, 2.75) is 39.8 Å². The van der Waals surface area contributed by atoms with Crippen molar-refractivity contribution < 1.29 is 4.52 Å². The van der Waals surface area contributed by atoms with E-state index in [9.17, 15) is 0 Å². The molecule has 0 radical (unpaired) electrons. The number of nitrogens with one attached hydrogen (secondary N) is 2. The van der Waals surface area contributed by atoms with Crippen LogP contribution in [0.1, 0.15) is 37.2 Å². The predicted octanol–water partition coefficient (Wildman–Crippen LogP) is 4.01. The summed E-state index contributed by atoms with van der Waals surface area (Å²) >= 11 is 1.69. The van der Waals surface area contributed by atoms with Crippen LogP contribution in [0.15, 0.2) is 50.6 Å². The van der Waals surface area contributed by atoms with Crippen LogP contribution >= 0.6 is 11.3 Å². The Balaban J connectivity index is 1.64. The number of benzene rings is 1. The molecule has 0 atom stereocenters. The standard InChI is InChI=1S/C20H25N5OS/c1-3-6-18-24-19(26-25-18)17-8-5-7-15(11-17)12-22-20(21-4-2)23-13-16-9-10-27-14-16/h5,7-11,14H,3-4,6,12-13H2,1-2H3,(H2,21,22,23). The molecule has 3 aromatic rings. The number of aliphatic imine (C=N–C) groups is 1. The zero-order chi connectivity index (χ0) is 18.9. The summed E-state index contributed by atoms with van der Waals surface area (Å²) in [4.78, 5) is 9.10. The Morgan fingerprint density at radius 1 is 1.19 bits per heavy atom. The van der Waals surface area contributed by atoms with Gasteiger partial charge in [0, 0.05) is 25.1 Å². The molecule has 6 nitrogen and oxygen atoms in total. The molecule has 2 heterocycles. The third-order valence-corrected chi connectivity index (χ3v) is 4.65.